The highest BCUT2D eigenvalue weighted by molar-refractivity contribution is 7.99. The van der Waals surface area contributed by atoms with Crippen LogP contribution in [0.4, 0.5) is 0 Å². The molecule has 0 saturated heterocycles. The van der Waals surface area contributed by atoms with Crippen molar-refractivity contribution in [1.29, 1.82) is 5.26 Å². The highest BCUT2D eigenvalue weighted by Gasteiger charge is 2.21. The fraction of sp³-hybridized carbons (Fsp3) is 0.400. The summed E-state index contributed by atoms with van der Waals surface area (Å²) in [7, 11) is 1.78. The topological polar surface area (TPSA) is 48.7 Å². The maximum absolute atomic E-state index is 8.94. The van der Waals surface area contributed by atoms with Crippen LogP contribution in [0.1, 0.15) is 6.92 Å². The van der Waals surface area contributed by atoms with Gasteiger partial charge in [-0.2, -0.15) is 5.26 Å². The minimum Gasteiger partial charge on any atom is -0.302 e. The van der Waals surface area contributed by atoms with E-state index in [9.17, 15) is 0 Å². The Labute approximate surface area is 98.8 Å². The number of hydrogen-bond acceptors (Lipinski definition) is 4. The minimum absolute atomic E-state index is 0.522. The summed E-state index contributed by atoms with van der Waals surface area (Å²) in [4.78, 5) is 4.14. The zero-order chi connectivity index (χ0) is 11.3. The molecule has 1 aromatic rings. The molecule has 1 unspecified atom stereocenters. The molecule has 1 aromatic heterocycles. The third-order valence-electron chi connectivity index (χ3n) is 2.01. The number of pyridine rings is 1. The summed E-state index contributed by atoms with van der Waals surface area (Å²) in [6.45, 7) is 1.86. The predicted octanol–water partition coefficient (Wildman–Crippen LogP) is 2.33. The summed E-state index contributed by atoms with van der Waals surface area (Å²) < 4.78 is 0. The second-order valence-corrected chi connectivity index (χ2v) is 4.73. The van der Waals surface area contributed by atoms with Crippen molar-refractivity contribution in [2.75, 3.05) is 12.8 Å². The van der Waals surface area contributed by atoms with Crippen LogP contribution in [0.15, 0.2) is 23.4 Å². The molecule has 0 aromatic carbocycles. The van der Waals surface area contributed by atoms with Crippen LogP contribution in [0.3, 0.4) is 0 Å². The van der Waals surface area contributed by atoms with Gasteiger partial charge < -0.3 is 5.32 Å². The number of thioether (sulfide) groups is 1. The molecule has 0 radical (unpaired) electrons. The summed E-state index contributed by atoms with van der Waals surface area (Å²) >= 11 is 7.25. The molecule has 0 aliphatic carbocycles. The van der Waals surface area contributed by atoms with Gasteiger partial charge in [-0.15, -0.1) is 11.8 Å². The lowest BCUT2D eigenvalue weighted by Crippen LogP contribution is -2.40. The molecule has 0 spiro atoms. The SMILES string of the molecule is CNC(C)(C#N)CSc1ccc(Cl)cn1. The number of hydrogen-bond donors (Lipinski definition) is 1. The predicted molar refractivity (Wildman–Crippen MR) is 63.0 cm³/mol. The number of rotatable bonds is 4. The van der Waals surface area contributed by atoms with Gasteiger partial charge in [0.2, 0.25) is 0 Å². The highest BCUT2D eigenvalue weighted by atomic mass is 35.5. The van der Waals surface area contributed by atoms with Gasteiger partial charge in [0.15, 0.2) is 0 Å². The van der Waals surface area contributed by atoms with E-state index in [-0.39, 0.29) is 0 Å². The van der Waals surface area contributed by atoms with Crippen LogP contribution < -0.4 is 5.32 Å². The van der Waals surface area contributed by atoms with Crippen molar-refractivity contribution in [2.24, 2.45) is 0 Å². The molecule has 0 amide bonds. The first-order valence-corrected chi connectivity index (χ1v) is 5.80. The lowest BCUT2D eigenvalue weighted by molar-refractivity contribution is 0.550. The van der Waals surface area contributed by atoms with Crippen LogP contribution in [0, 0.1) is 11.3 Å². The number of nitriles is 1. The second-order valence-electron chi connectivity index (χ2n) is 3.30. The largest absolute Gasteiger partial charge is 0.302 e. The van der Waals surface area contributed by atoms with Crippen LogP contribution >= 0.6 is 23.4 Å². The van der Waals surface area contributed by atoms with Crippen molar-refractivity contribution in [3.8, 4) is 6.07 Å². The average Bonchev–Trinajstić information content (AvgIpc) is 2.28. The minimum atomic E-state index is -0.522. The molecule has 3 nitrogen and oxygen atoms in total. The van der Waals surface area contributed by atoms with Crippen LogP contribution in [0.2, 0.25) is 5.02 Å². The normalized spacial score (nSPS) is 14.3. The van der Waals surface area contributed by atoms with E-state index in [1.165, 1.54) is 11.8 Å². The monoisotopic (exact) mass is 241 g/mol. The van der Waals surface area contributed by atoms with Gasteiger partial charge in [-0.3, -0.25) is 0 Å². The van der Waals surface area contributed by atoms with Gasteiger partial charge >= 0.3 is 0 Å². The van der Waals surface area contributed by atoms with Crippen molar-refractivity contribution in [1.82, 2.24) is 10.3 Å². The third-order valence-corrected chi connectivity index (χ3v) is 3.49. The van der Waals surface area contributed by atoms with E-state index in [1.54, 1.807) is 19.3 Å². The maximum atomic E-state index is 8.94. The summed E-state index contributed by atoms with van der Waals surface area (Å²) in [5, 5.41) is 13.4. The molecule has 80 valence electrons. The molecule has 1 atom stereocenters. The van der Waals surface area contributed by atoms with Crippen molar-refractivity contribution in [3.05, 3.63) is 23.4 Å². The fourth-order valence-electron chi connectivity index (χ4n) is 0.826. The molecule has 15 heavy (non-hydrogen) atoms. The van der Waals surface area contributed by atoms with E-state index in [0.29, 0.717) is 10.8 Å². The first kappa shape index (κ1) is 12.3. The van der Waals surface area contributed by atoms with Crippen molar-refractivity contribution >= 4 is 23.4 Å². The van der Waals surface area contributed by atoms with Gasteiger partial charge in [0.05, 0.1) is 16.1 Å². The molecule has 1 rings (SSSR count). The summed E-state index contributed by atoms with van der Waals surface area (Å²) in [5.41, 5.74) is -0.522. The lowest BCUT2D eigenvalue weighted by atomic mass is 10.1. The molecular weight excluding hydrogens is 230 g/mol. The van der Waals surface area contributed by atoms with E-state index in [2.05, 4.69) is 16.4 Å². The molecule has 1 N–H and O–H groups in total. The molecule has 0 fully saturated rings. The Bertz CT molecular complexity index is 360. The molecular formula is C10H12ClN3S. The summed E-state index contributed by atoms with van der Waals surface area (Å²) in [6, 6.07) is 5.86. The molecule has 0 aliphatic rings. The van der Waals surface area contributed by atoms with Crippen LogP contribution in [0.5, 0.6) is 0 Å². The number of aromatic nitrogens is 1. The molecule has 0 bridgehead atoms. The second kappa shape index (κ2) is 5.36. The molecule has 0 saturated carbocycles. The Morgan fingerprint density at radius 1 is 1.67 bits per heavy atom. The quantitative estimate of drug-likeness (QED) is 0.822. The molecule has 5 heteroatoms. The fourth-order valence-corrected chi connectivity index (χ4v) is 1.87. The Kier molecular flexibility index (Phi) is 4.40. The highest BCUT2D eigenvalue weighted by Crippen LogP contribution is 2.21. The van der Waals surface area contributed by atoms with Crippen molar-refractivity contribution in [2.45, 2.75) is 17.5 Å². The average molecular weight is 242 g/mol. The smallest absolute Gasteiger partial charge is 0.113 e. The van der Waals surface area contributed by atoms with Crippen LogP contribution in [-0.2, 0) is 0 Å². The third kappa shape index (κ3) is 3.71. The van der Waals surface area contributed by atoms with Crippen LogP contribution in [-0.4, -0.2) is 23.3 Å². The molecule has 1 heterocycles. The molecule has 0 aliphatic heterocycles. The Hall–Kier alpha value is -0.760. The van der Waals surface area contributed by atoms with E-state index in [4.69, 9.17) is 16.9 Å². The first-order valence-electron chi connectivity index (χ1n) is 4.44. The van der Waals surface area contributed by atoms with Gasteiger partial charge in [-0.05, 0) is 26.1 Å². The first-order chi connectivity index (χ1) is 7.09. The van der Waals surface area contributed by atoms with Gasteiger partial charge in [0.25, 0.3) is 0 Å². The Balaban J connectivity index is 2.58. The van der Waals surface area contributed by atoms with Gasteiger partial charge in [0.1, 0.15) is 5.54 Å². The summed E-state index contributed by atoms with van der Waals surface area (Å²) in [6.07, 6.45) is 1.60. The van der Waals surface area contributed by atoms with E-state index in [1.807, 2.05) is 13.0 Å². The van der Waals surface area contributed by atoms with Gasteiger partial charge in [-0.1, -0.05) is 11.6 Å². The summed E-state index contributed by atoms with van der Waals surface area (Å²) in [5.74, 6) is 0.647. The number of nitrogens with zero attached hydrogens (tertiary/aromatic N) is 2. The van der Waals surface area contributed by atoms with Crippen LogP contribution in [0.25, 0.3) is 0 Å². The van der Waals surface area contributed by atoms with E-state index >= 15 is 0 Å². The zero-order valence-electron chi connectivity index (χ0n) is 8.62. The zero-order valence-corrected chi connectivity index (χ0v) is 10.2. The number of halogens is 1. The van der Waals surface area contributed by atoms with Gasteiger partial charge in [0, 0.05) is 11.9 Å². The van der Waals surface area contributed by atoms with Gasteiger partial charge in [-0.25, -0.2) is 4.98 Å². The standard InChI is InChI=1S/C10H12ClN3S/c1-10(6-12,13-2)7-15-9-4-3-8(11)5-14-9/h3-5,13H,7H2,1-2H3. The van der Waals surface area contributed by atoms with E-state index in [0.717, 1.165) is 5.03 Å². The lowest BCUT2D eigenvalue weighted by Gasteiger charge is -2.19. The Morgan fingerprint density at radius 3 is 2.87 bits per heavy atom. The Morgan fingerprint density at radius 2 is 2.40 bits per heavy atom. The van der Waals surface area contributed by atoms with Crippen molar-refractivity contribution < 1.29 is 0 Å². The number of nitrogens with one attached hydrogen (secondary N) is 1. The van der Waals surface area contributed by atoms with E-state index < -0.39 is 5.54 Å². The maximum Gasteiger partial charge on any atom is 0.113 e. The van der Waals surface area contributed by atoms with Crippen molar-refractivity contribution in [3.63, 3.8) is 0 Å².